The predicted octanol–water partition coefficient (Wildman–Crippen LogP) is 4.21. The van der Waals surface area contributed by atoms with Crippen molar-refractivity contribution in [3.8, 4) is 0 Å². The van der Waals surface area contributed by atoms with E-state index in [0.29, 0.717) is 6.54 Å². The van der Waals surface area contributed by atoms with Gasteiger partial charge in [0, 0.05) is 25.7 Å². The van der Waals surface area contributed by atoms with Gasteiger partial charge in [0.2, 0.25) is 0 Å². The van der Waals surface area contributed by atoms with E-state index in [1.807, 2.05) is 4.90 Å². The van der Waals surface area contributed by atoms with Crippen LogP contribution in [0.3, 0.4) is 0 Å². The zero-order chi connectivity index (χ0) is 17.9. The van der Waals surface area contributed by atoms with Gasteiger partial charge in [0.15, 0.2) is 0 Å². The highest BCUT2D eigenvalue weighted by atomic mass is 19.4. The van der Waals surface area contributed by atoms with Gasteiger partial charge in [0.25, 0.3) is 0 Å². The highest BCUT2D eigenvalue weighted by Crippen LogP contribution is 2.33. The summed E-state index contributed by atoms with van der Waals surface area (Å²) in [5, 5.41) is 3.25. The molecule has 2 nitrogen and oxygen atoms in total. The summed E-state index contributed by atoms with van der Waals surface area (Å²) in [6, 6.07) is 12.0. The van der Waals surface area contributed by atoms with Gasteiger partial charge in [-0.1, -0.05) is 30.3 Å². The third-order valence-corrected chi connectivity index (χ3v) is 4.55. The first-order valence-corrected chi connectivity index (χ1v) is 8.28. The van der Waals surface area contributed by atoms with Crippen molar-refractivity contribution in [3.05, 3.63) is 71.0 Å². The van der Waals surface area contributed by atoms with Gasteiger partial charge in [-0.2, -0.15) is 13.2 Å². The van der Waals surface area contributed by atoms with E-state index in [9.17, 15) is 17.6 Å². The maximum absolute atomic E-state index is 13.3. The number of nitrogens with one attached hydrogen (secondary N) is 1. The van der Waals surface area contributed by atoms with E-state index in [2.05, 4.69) is 5.32 Å². The Balaban J connectivity index is 1.84. The average Bonchev–Trinajstić information content (AvgIpc) is 3.10. The number of rotatable bonds is 5. The number of hydrogen-bond donors (Lipinski definition) is 1. The lowest BCUT2D eigenvalue weighted by atomic mass is 10.0. The second kappa shape index (κ2) is 7.54. The molecule has 6 heteroatoms. The molecule has 1 atom stereocenters. The van der Waals surface area contributed by atoms with Crippen molar-refractivity contribution in [1.82, 2.24) is 10.2 Å². The first kappa shape index (κ1) is 17.9. The van der Waals surface area contributed by atoms with Gasteiger partial charge in [0.05, 0.1) is 5.56 Å². The Morgan fingerprint density at radius 3 is 2.36 bits per heavy atom. The van der Waals surface area contributed by atoms with Crippen LogP contribution in [0.25, 0.3) is 0 Å². The maximum atomic E-state index is 13.3. The lowest BCUT2D eigenvalue weighted by molar-refractivity contribution is -0.138. The Morgan fingerprint density at radius 2 is 1.72 bits per heavy atom. The Bertz CT molecular complexity index is 691. The zero-order valence-corrected chi connectivity index (χ0v) is 13.7. The molecule has 0 bridgehead atoms. The molecule has 0 saturated carbocycles. The second-order valence-corrected chi connectivity index (χ2v) is 6.33. The van der Waals surface area contributed by atoms with Crippen LogP contribution in [0.4, 0.5) is 17.6 Å². The van der Waals surface area contributed by atoms with Gasteiger partial charge in [-0.3, -0.25) is 4.90 Å². The van der Waals surface area contributed by atoms with Crippen LogP contribution in [0.1, 0.15) is 23.1 Å². The third-order valence-electron chi connectivity index (χ3n) is 4.55. The largest absolute Gasteiger partial charge is 0.416 e. The second-order valence-electron chi connectivity index (χ2n) is 6.33. The van der Waals surface area contributed by atoms with Crippen molar-refractivity contribution in [3.63, 3.8) is 0 Å². The smallest absolute Gasteiger partial charge is 0.315 e. The van der Waals surface area contributed by atoms with Crippen LogP contribution in [0.2, 0.25) is 0 Å². The normalized spacial score (nSPS) is 18.0. The minimum Gasteiger partial charge on any atom is -0.315 e. The third kappa shape index (κ3) is 4.58. The quantitative estimate of drug-likeness (QED) is 0.811. The molecular weight excluding hydrogens is 332 g/mol. The summed E-state index contributed by atoms with van der Waals surface area (Å²) in [5.41, 5.74) is 0.562. The van der Waals surface area contributed by atoms with Gasteiger partial charge in [-0.25, -0.2) is 4.39 Å². The topological polar surface area (TPSA) is 15.3 Å². The van der Waals surface area contributed by atoms with Crippen LogP contribution in [-0.4, -0.2) is 24.0 Å². The minimum absolute atomic E-state index is 0.159. The van der Waals surface area contributed by atoms with Crippen molar-refractivity contribution in [2.24, 2.45) is 0 Å². The first-order chi connectivity index (χ1) is 11.9. The summed E-state index contributed by atoms with van der Waals surface area (Å²) in [7, 11) is 0. The number of nitrogens with zero attached hydrogens (tertiary/aromatic N) is 1. The van der Waals surface area contributed by atoms with Gasteiger partial charge in [0.1, 0.15) is 5.82 Å². The van der Waals surface area contributed by atoms with E-state index >= 15 is 0 Å². The fourth-order valence-corrected chi connectivity index (χ4v) is 3.24. The Morgan fingerprint density at radius 1 is 1.00 bits per heavy atom. The van der Waals surface area contributed by atoms with E-state index in [0.717, 1.165) is 31.1 Å². The van der Waals surface area contributed by atoms with Gasteiger partial charge in [-0.05, 0) is 42.3 Å². The van der Waals surface area contributed by atoms with E-state index < -0.39 is 11.7 Å². The van der Waals surface area contributed by atoms with Crippen LogP contribution >= 0.6 is 0 Å². The summed E-state index contributed by atoms with van der Waals surface area (Å²) in [6.45, 7) is 2.29. The summed E-state index contributed by atoms with van der Waals surface area (Å²) in [6.07, 6.45) is -3.48. The van der Waals surface area contributed by atoms with Crippen molar-refractivity contribution >= 4 is 0 Å². The first-order valence-electron chi connectivity index (χ1n) is 8.28. The molecule has 0 aliphatic carbocycles. The average molecular weight is 352 g/mol. The lowest BCUT2D eigenvalue weighted by Gasteiger charge is -2.29. The fraction of sp³-hybridized carbons (Fsp3) is 0.368. The molecule has 0 spiro atoms. The number of benzene rings is 2. The Hall–Kier alpha value is -1.92. The van der Waals surface area contributed by atoms with Gasteiger partial charge >= 0.3 is 6.18 Å². The molecule has 1 N–H and O–H groups in total. The summed E-state index contributed by atoms with van der Waals surface area (Å²) >= 11 is 0. The van der Waals surface area contributed by atoms with Crippen LogP contribution in [0.15, 0.2) is 48.5 Å². The molecular formula is C19H20F4N2. The monoisotopic (exact) mass is 352 g/mol. The van der Waals surface area contributed by atoms with E-state index in [4.69, 9.17) is 0 Å². The maximum Gasteiger partial charge on any atom is 0.416 e. The highest BCUT2D eigenvalue weighted by molar-refractivity contribution is 5.30. The molecule has 0 unspecified atom stereocenters. The lowest BCUT2D eigenvalue weighted by Crippen LogP contribution is -2.36. The molecule has 1 fully saturated rings. The molecule has 2 aromatic carbocycles. The molecule has 1 saturated heterocycles. The number of halogens is 4. The van der Waals surface area contributed by atoms with Crippen LogP contribution in [0, 0.1) is 5.82 Å². The van der Waals surface area contributed by atoms with Crippen molar-refractivity contribution in [1.29, 1.82) is 0 Å². The molecule has 3 rings (SSSR count). The van der Waals surface area contributed by atoms with E-state index in [1.165, 1.54) is 24.3 Å². The van der Waals surface area contributed by atoms with Crippen molar-refractivity contribution < 1.29 is 17.6 Å². The Labute approximate surface area is 144 Å². The van der Waals surface area contributed by atoms with E-state index in [1.54, 1.807) is 18.2 Å². The minimum atomic E-state index is -4.37. The molecule has 1 heterocycles. The van der Waals surface area contributed by atoms with Gasteiger partial charge in [-0.15, -0.1) is 0 Å². The Kier molecular flexibility index (Phi) is 5.39. The summed E-state index contributed by atoms with van der Waals surface area (Å²) < 4.78 is 52.9. The molecule has 1 aliphatic heterocycles. The standard InChI is InChI=1S/C19H20F4N2/c20-16-7-5-14(6-8-16)12-25(17-9-10-24-11-17)13-15-3-1-2-4-18(15)19(21,22)23/h1-8,17,24H,9-13H2/t17-/m0/s1. The molecule has 25 heavy (non-hydrogen) atoms. The van der Waals surface area contributed by atoms with Gasteiger partial charge < -0.3 is 5.32 Å². The SMILES string of the molecule is Fc1ccc(CN(Cc2ccccc2C(F)(F)F)[C@H]2CCNC2)cc1. The molecule has 0 amide bonds. The number of alkyl halides is 3. The predicted molar refractivity (Wildman–Crippen MR) is 88.4 cm³/mol. The van der Waals surface area contributed by atoms with Crippen LogP contribution in [0.5, 0.6) is 0 Å². The fourth-order valence-electron chi connectivity index (χ4n) is 3.24. The highest BCUT2D eigenvalue weighted by Gasteiger charge is 2.34. The van der Waals surface area contributed by atoms with Crippen molar-refractivity contribution in [2.75, 3.05) is 13.1 Å². The van der Waals surface area contributed by atoms with Crippen molar-refractivity contribution in [2.45, 2.75) is 31.7 Å². The van der Waals surface area contributed by atoms with Crippen LogP contribution in [-0.2, 0) is 19.3 Å². The molecule has 1 aliphatic rings. The van der Waals surface area contributed by atoms with E-state index in [-0.39, 0.29) is 24.0 Å². The molecule has 0 radical (unpaired) electrons. The zero-order valence-electron chi connectivity index (χ0n) is 13.7. The molecule has 134 valence electrons. The molecule has 0 aromatic heterocycles. The molecule has 2 aromatic rings. The summed E-state index contributed by atoms with van der Waals surface area (Å²) in [4.78, 5) is 2.04. The number of hydrogen-bond acceptors (Lipinski definition) is 2. The van der Waals surface area contributed by atoms with Crippen LogP contribution < -0.4 is 5.32 Å². The summed E-state index contributed by atoms with van der Waals surface area (Å²) in [5.74, 6) is -0.319.